The number of nitrogens with two attached hydrogens (primary N) is 4. The molecule has 17 heteroatoms. The quantitative estimate of drug-likeness (QED) is 0.0503. The van der Waals surface area contributed by atoms with Crippen LogP contribution in [0.15, 0.2) is 35.5 Å². The molecule has 17 nitrogen and oxygen atoms in total. The highest BCUT2D eigenvalue weighted by atomic mass is 16.4. The number of aromatic nitrogens is 1. The van der Waals surface area contributed by atoms with Gasteiger partial charge in [-0.2, -0.15) is 0 Å². The van der Waals surface area contributed by atoms with E-state index in [-0.39, 0.29) is 31.8 Å². The number of hydrogen-bond acceptors (Lipinski definition) is 8. The number of primary amides is 1. The van der Waals surface area contributed by atoms with Gasteiger partial charge in [0.15, 0.2) is 5.96 Å². The Morgan fingerprint density at radius 2 is 1.48 bits per heavy atom. The van der Waals surface area contributed by atoms with E-state index in [0.717, 1.165) is 10.9 Å². The monoisotopic (exact) mass is 589 g/mol. The molecular formula is C25H35N9O8. The van der Waals surface area contributed by atoms with E-state index in [1.165, 1.54) is 0 Å². The Morgan fingerprint density at radius 1 is 0.857 bits per heavy atom. The number of aliphatic imine (C=N–C) groups is 1. The Balaban J connectivity index is 2.27. The number of fused-ring (bicyclic) bond motifs is 1. The van der Waals surface area contributed by atoms with E-state index >= 15 is 0 Å². The van der Waals surface area contributed by atoms with Crippen molar-refractivity contribution in [3.8, 4) is 0 Å². The summed E-state index contributed by atoms with van der Waals surface area (Å²) < 4.78 is 0. The van der Waals surface area contributed by atoms with Crippen LogP contribution >= 0.6 is 0 Å². The standard InChI is InChI=1S/C25H35N9O8/c26-14(9-20(36)37)21(38)33-17(8-12-11-31-15-5-2-1-4-13(12)15)22(39)34-18(10-19(27)35)23(40)32-16(24(41)42)6-3-7-30-25(28)29/h1-2,4-5,11,14,16-18,31H,3,6-10,26H2,(H2,27,35)(H,32,40)(H,33,38)(H,34,39)(H,36,37)(H,41,42)(H4,28,29,30). The zero-order chi connectivity index (χ0) is 31.4. The van der Waals surface area contributed by atoms with Crippen molar-refractivity contribution in [1.29, 1.82) is 0 Å². The smallest absolute Gasteiger partial charge is 0.326 e. The molecule has 4 unspecified atom stereocenters. The number of aliphatic carboxylic acids is 2. The average Bonchev–Trinajstić information content (AvgIpc) is 3.31. The Kier molecular flexibility index (Phi) is 12.2. The normalized spacial score (nSPS) is 13.6. The molecule has 0 saturated carbocycles. The number of nitrogens with one attached hydrogen (secondary N) is 4. The second kappa shape index (κ2) is 15.6. The fourth-order valence-electron chi connectivity index (χ4n) is 4.01. The molecule has 0 radical (unpaired) electrons. The van der Waals surface area contributed by atoms with Crippen LogP contribution in [0, 0.1) is 0 Å². The van der Waals surface area contributed by atoms with Crippen LogP contribution in [0.3, 0.4) is 0 Å². The maximum atomic E-state index is 13.4. The number of nitrogens with zero attached hydrogens (tertiary/aromatic N) is 1. The van der Waals surface area contributed by atoms with Crippen molar-refractivity contribution in [3.05, 3.63) is 36.0 Å². The number of amides is 4. The molecule has 0 aliphatic carbocycles. The molecule has 1 aromatic carbocycles. The summed E-state index contributed by atoms with van der Waals surface area (Å²) in [6.45, 7) is 0.0999. The van der Waals surface area contributed by atoms with Crippen LogP contribution < -0.4 is 38.9 Å². The van der Waals surface area contributed by atoms with E-state index in [1.807, 2.05) is 0 Å². The number of guanidine groups is 1. The molecule has 1 aromatic heterocycles. The lowest BCUT2D eigenvalue weighted by Crippen LogP contribution is -2.58. The first-order valence-corrected chi connectivity index (χ1v) is 12.8. The summed E-state index contributed by atoms with van der Waals surface area (Å²) in [5, 5.41) is 26.2. The minimum Gasteiger partial charge on any atom is -0.481 e. The molecule has 0 spiro atoms. The number of carboxylic acid groups (broad SMARTS) is 2. The van der Waals surface area contributed by atoms with E-state index in [0.29, 0.717) is 5.56 Å². The summed E-state index contributed by atoms with van der Waals surface area (Å²) in [7, 11) is 0. The summed E-state index contributed by atoms with van der Waals surface area (Å²) in [4.78, 5) is 80.2. The van der Waals surface area contributed by atoms with E-state index in [9.17, 15) is 33.9 Å². The van der Waals surface area contributed by atoms with E-state index in [1.54, 1.807) is 30.5 Å². The van der Waals surface area contributed by atoms with E-state index < -0.39 is 72.6 Å². The third-order valence-electron chi connectivity index (χ3n) is 6.06. The molecule has 2 rings (SSSR count). The predicted molar refractivity (Wildman–Crippen MR) is 149 cm³/mol. The van der Waals surface area contributed by atoms with Gasteiger partial charge in [0.2, 0.25) is 23.6 Å². The second-order valence-corrected chi connectivity index (χ2v) is 9.41. The number of carboxylic acids is 2. The molecule has 0 aliphatic rings. The van der Waals surface area contributed by atoms with Crippen molar-refractivity contribution in [1.82, 2.24) is 20.9 Å². The zero-order valence-electron chi connectivity index (χ0n) is 22.5. The summed E-state index contributed by atoms with van der Waals surface area (Å²) in [6.07, 6.45) is 0.216. The first-order valence-electron chi connectivity index (χ1n) is 12.8. The van der Waals surface area contributed by atoms with Gasteiger partial charge in [-0.15, -0.1) is 0 Å². The molecule has 0 saturated heterocycles. The summed E-state index contributed by atoms with van der Waals surface area (Å²) in [5.74, 6) is -6.77. The van der Waals surface area contributed by atoms with Crippen molar-refractivity contribution in [3.63, 3.8) is 0 Å². The van der Waals surface area contributed by atoms with Crippen LogP contribution in [-0.2, 0) is 35.2 Å². The molecule has 14 N–H and O–H groups in total. The van der Waals surface area contributed by atoms with Crippen LogP contribution in [0.4, 0.5) is 0 Å². The fourth-order valence-corrected chi connectivity index (χ4v) is 4.01. The lowest BCUT2D eigenvalue weighted by molar-refractivity contribution is -0.142. The maximum Gasteiger partial charge on any atom is 0.326 e. The molecule has 42 heavy (non-hydrogen) atoms. The van der Waals surface area contributed by atoms with Crippen molar-refractivity contribution in [2.45, 2.75) is 56.3 Å². The van der Waals surface area contributed by atoms with Gasteiger partial charge >= 0.3 is 11.9 Å². The van der Waals surface area contributed by atoms with Gasteiger partial charge in [-0.1, -0.05) is 18.2 Å². The number of rotatable bonds is 17. The molecule has 0 bridgehead atoms. The highest BCUT2D eigenvalue weighted by Crippen LogP contribution is 2.19. The number of carbonyl (C=O) groups excluding carboxylic acids is 4. The van der Waals surface area contributed by atoms with Crippen LogP contribution in [0.5, 0.6) is 0 Å². The average molecular weight is 590 g/mol. The van der Waals surface area contributed by atoms with Crippen LogP contribution in [0.25, 0.3) is 10.9 Å². The number of benzene rings is 1. The van der Waals surface area contributed by atoms with Crippen LogP contribution in [0.1, 0.15) is 31.2 Å². The highest BCUT2D eigenvalue weighted by molar-refractivity contribution is 5.97. The second-order valence-electron chi connectivity index (χ2n) is 9.41. The van der Waals surface area contributed by atoms with Gasteiger partial charge in [-0.3, -0.25) is 29.0 Å². The maximum absolute atomic E-state index is 13.4. The third-order valence-corrected chi connectivity index (χ3v) is 6.06. The van der Waals surface area contributed by atoms with E-state index in [2.05, 4.69) is 25.9 Å². The SMILES string of the molecule is NC(=O)CC(NC(=O)C(Cc1c[nH]c2ccccc12)NC(=O)C(N)CC(=O)O)C(=O)NC(CCCN=C(N)N)C(=O)O. The summed E-state index contributed by atoms with van der Waals surface area (Å²) >= 11 is 0. The third kappa shape index (κ3) is 10.4. The summed E-state index contributed by atoms with van der Waals surface area (Å²) in [5.41, 5.74) is 22.8. The molecule has 2 aromatic rings. The first-order chi connectivity index (χ1) is 19.8. The Morgan fingerprint density at radius 3 is 2.10 bits per heavy atom. The van der Waals surface area contributed by atoms with Gasteiger partial charge in [-0.05, 0) is 24.5 Å². The lowest BCUT2D eigenvalue weighted by atomic mass is 10.0. The predicted octanol–water partition coefficient (Wildman–Crippen LogP) is -3.02. The molecule has 1 heterocycles. The molecule has 0 fully saturated rings. The van der Waals surface area contributed by atoms with Gasteiger partial charge in [-0.25, -0.2) is 4.79 Å². The Labute approximate surface area is 239 Å². The van der Waals surface area contributed by atoms with Crippen LogP contribution in [0.2, 0.25) is 0 Å². The number of para-hydroxylation sites is 1. The molecule has 4 atom stereocenters. The Bertz CT molecular complexity index is 1340. The van der Waals surface area contributed by atoms with Gasteiger partial charge in [0.05, 0.1) is 18.9 Å². The van der Waals surface area contributed by atoms with Gasteiger partial charge in [0.25, 0.3) is 0 Å². The van der Waals surface area contributed by atoms with Crippen molar-refractivity contribution < 1.29 is 39.0 Å². The van der Waals surface area contributed by atoms with E-state index in [4.69, 9.17) is 28.0 Å². The largest absolute Gasteiger partial charge is 0.481 e. The fraction of sp³-hybridized carbons (Fsp3) is 0.400. The molecule has 228 valence electrons. The molecule has 0 aliphatic heterocycles. The zero-order valence-corrected chi connectivity index (χ0v) is 22.5. The van der Waals surface area contributed by atoms with Crippen molar-refractivity contribution in [2.75, 3.05) is 6.54 Å². The minimum absolute atomic E-state index is 0.0736. The van der Waals surface area contributed by atoms with Crippen molar-refractivity contribution in [2.24, 2.45) is 27.9 Å². The topological polar surface area (TPSA) is 311 Å². The first kappa shape index (κ1) is 33.0. The minimum atomic E-state index is -1.61. The summed E-state index contributed by atoms with van der Waals surface area (Å²) in [6, 6.07) is 1.24. The number of hydrogen-bond donors (Lipinski definition) is 10. The molecular weight excluding hydrogens is 554 g/mol. The Hall–Kier alpha value is -5.19. The highest BCUT2D eigenvalue weighted by Gasteiger charge is 2.32. The molecule has 4 amide bonds. The number of aromatic amines is 1. The van der Waals surface area contributed by atoms with Crippen molar-refractivity contribution >= 4 is 52.4 Å². The van der Waals surface area contributed by atoms with Crippen LogP contribution in [-0.4, -0.2) is 87.4 Å². The van der Waals surface area contributed by atoms with Gasteiger partial charge in [0, 0.05) is 30.1 Å². The number of carbonyl (C=O) groups is 6. The number of H-pyrrole nitrogens is 1. The lowest BCUT2D eigenvalue weighted by Gasteiger charge is -2.24. The van der Waals surface area contributed by atoms with Gasteiger partial charge in [0.1, 0.15) is 18.1 Å². The van der Waals surface area contributed by atoms with Gasteiger partial charge < -0.3 is 54.1 Å².